The third-order valence-corrected chi connectivity index (χ3v) is 8.36. The summed E-state index contributed by atoms with van der Waals surface area (Å²) < 4.78 is 10.9. The normalized spacial score (nSPS) is 32.5. The number of hydrogen-bond donors (Lipinski definition) is 1. The van der Waals surface area contributed by atoms with Gasteiger partial charge in [0.25, 0.3) is 0 Å². The predicted molar refractivity (Wildman–Crippen MR) is 122 cm³/mol. The molecule has 6 atom stereocenters. The summed E-state index contributed by atoms with van der Waals surface area (Å²) in [5.41, 5.74) is 0.890. The Kier molecular flexibility index (Phi) is 6.44. The van der Waals surface area contributed by atoms with Gasteiger partial charge in [0.1, 0.15) is 11.8 Å². The highest BCUT2D eigenvalue weighted by Crippen LogP contribution is 2.56. The van der Waals surface area contributed by atoms with Crippen molar-refractivity contribution in [1.29, 1.82) is 0 Å². The van der Waals surface area contributed by atoms with Crippen molar-refractivity contribution >= 4 is 17.8 Å². The number of esters is 2. The highest BCUT2D eigenvalue weighted by Gasteiger charge is 2.56. The van der Waals surface area contributed by atoms with Crippen molar-refractivity contribution in [3.8, 4) is 5.75 Å². The fourth-order valence-corrected chi connectivity index (χ4v) is 6.54. The molecule has 0 heterocycles. The van der Waals surface area contributed by atoms with Crippen LogP contribution in [0.3, 0.4) is 0 Å². The second kappa shape index (κ2) is 9.47. The molecule has 4 saturated carbocycles. The summed E-state index contributed by atoms with van der Waals surface area (Å²) in [7, 11) is 0. The Morgan fingerprint density at radius 2 is 1.42 bits per heavy atom. The molecule has 0 saturated heterocycles. The van der Waals surface area contributed by atoms with Crippen LogP contribution in [-0.4, -0.2) is 30.5 Å². The summed E-state index contributed by atoms with van der Waals surface area (Å²) >= 11 is 0. The highest BCUT2D eigenvalue weighted by atomic mass is 16.5. The minimum absolute atomic E-state index is 0.0126. The van der Waals surface area contributed by atoms with Crippen LogP contribution in [0.5, 0.6) is 5.75 Å². The molecule has 33 heavy (non-hydrogen) atoms. The zero-order valence-electron chi connectivity index (χ0n) is 19.5. The lowest BCUT2D eigenvalue weighted by Crippen LogP contribution is -2.44. The van der Waals surface area contributed by atoms with Gasteiger partial charge in [0.15, 0.2) is 0 Å². The number of carbonyl (C=O) groups is 3. The summed E-state index contributed by atoms with van der Waals surface area (Å²) in [4.78, 5) is 37.9. The van der Waals surface area contributed by atoms with E-state index in [1.807, 2.05) is 12.1 Å². The average molecular weight is 454 g/mol. The van der Waals surface area contributed by atoms with E-state index < -0.39 is 12.0 Å². The fourth-order valence-electron chi connectivity index (χ4n) is 6.54. The Balaban J connectivity index is 1.17. The SMILES string of the molecule is CCOC(=O)[C@@H](Cc1ccc(OC(=O)C2[C@H]3CCCC[C@@H]23)cc1)NC(=O)C1[C@H]2CCCC[C@H]12. The summed E-state index contributed by atoms with van der Waals surface area (Å²) in [5, 5.41) is 2.97. The Morgan fingerprint density at radius 3 is 1.97 bits per heavy atom. The fraction of sp³-hybridized carbons (Fsp3) is 0.667. The maximum absolute atomic E-state index is 12.9. The van der Waals surface area contributed by atoms with E-state index in [4.69, 9.17) is 9.47 Å². The first-order chi connectivity index (χ1) is 16.1. The van der Waals surface area contributed by atoms with E-state index in [0.717, 1.165) is 31.2 Å². The maximum Gasteiger partial charge on any atom is 0.328 e. The van der Waals surface area contributed by atoms with Gasteiger partial charge in [-0.25, -0.2) is 4.79 Å². The minimum atomic E-state index is -0.705. The number of ether oxygens (including phenoxy) is 2. The van der Waals surface area contributed by atoms with Crippen molar-refractivity contribution in [3.05, 3.63) is 29.8 Å². The van der Waals surface area contributed by atoms with Gasteiger partial charge in [-0.15, -0.1) is 0 Å². The molecule has 0 aromatic heterocycles. The number of nitrogens with one attached hydrogen (secondary N) is 1. The second-order valence-electron chi connectivity index (χ2n) is 10.4. The largest absolute Gasteiger partial charge is 0.464 e. The van der Waals surface area contributed by atoms with Gasteiger partial charge in [0.2, 0.25) is 5.91 Å². The van der Waals surface area contributed by atoms with E-state index >= 15 is 0 Å². The molecule has 178 valence electrons. The monoisotopic (exact) mass is 453 g/mol. The van der Waals surface area contributed by atoms with Crippen LogP contribution in [0.2, 0.25) is 0 Å². The minimum Gasteiger partial charge on any atom is -0.464 e. The molecule has 0 bridgehead atoms. The van der Waals surface area contributed by atoms with E-state index in [2.05, 4.69) is 5.32 Å². The molecule has 6 nitrogen and oxygen atoms in total. The molecule has 4 aliphatic carbocycles. The van der Waals surface area contributed by atoms with Crippen molar-refractivity contribution < 1.29 is 23.9 Å². The maximum atomic E-state index is 12.9. The molecule has 1 unspecified atom stereocenters. The highest BCUT2D eigenvalue weighted by molar-refractivity contribution is 5.88. The molecule has 1 amide bonds. The van der Waals surface area contributed by atoms with Crippen LogP contribution in [0.1, 0.15) is 63.9 Å². The molecule has 5 rings (SSSR count). The van der Waals surface area contributed by atoms with E-state index in [1.165, 1.54) is 25.7 Å². The van der Waals surface area contributed by atoms with Gasteiger partial charge >= 0.3 is 11.9 Å². The number of benzene rings is 1. The number of carbonyl (C=O) groups excluding carboxylic acids is 3. The quantitative estimate of drug-likeness (QED) is 0.474. The molecule has 0 spiro atoms. The van der Waals surface area contributed by atoms with Crippen LogP contribution in [0.15, 0.2) is 24.3 Å². The molecule has 0 aliphatic heterocycles. The Bertz CT molecular complexity index is 872. The standard InChI is InChI=1S/C27H35NO5/c1-2-32-26(30)22(28-25(29)23-18-7-3-4-8-19(18)23)15-16-11-13-17(14-12-16)33-27(31)24-20-9-5-6-10-21(20)24/h11-14,18-24H,2-10,15H2,1H3,(H,28,29)/t18-,19-,20-,21+,22+,24?/m0/s1. The van der Waals surface area contributed by atoms with Crippen LogP contribution < -0.4 is 10.1 Å². The summed E-state index contributed by atoms with van der Waals surface area (Å²) in [6.07, 6.45) is 9.73. The van der Waals surface area contributed by atoms with Gasteiger partial charge in [0, 0.05) is 12.3 Å². The van der Waals surface area contributed by atoms with Crippen LogP contribution in [0.4, 0.5) is 0 Å². The lowest BCUT2D eigenvalue weighted by atomic mass is 10.0. The Hall–Kier alpha value is -2.37. The Labute approximate surface area is 195 Å². The van der Waals surface area contributed by atoms with Crippen molar-refractivity contribution in [3.63, 3.8) is 0 Å². The van der Waals surface area contributed by atoms with Gasteiger partial charge in [-0.05, 0) is 74.0 Å². The van der Waals surface area contributed by atoms with Crippen LogP contribution in [0, 0.1) is 35.5 Å². The lowest BCUT2D eigenvalue weighted by molar-refractivity contribution is -0.147. The summed E-state index contributed by atoms with van der Waals surface area (Å²) in [6.45, 7) is 2.04. The Morgan fingerprint density at radius 1 is 0.879 bits per heavy atom. The van der Waals surface area contributed by atoms with Crippen LogP contribution in [-0.2, 0) is 25.5 Å². The summed E-state index contributed by atoms with van der Waals surface area (Å²) in [6, 6.07) is 6.57. The van der Waals surface area contributed by atoms with Gasteiger partial charge in [-0.3, -0.25) is 9.59 Å². The van der Waals surface area contributed by atoms with Gasteiger partial charge in [0.05, 0.1) is 12.5 Å². The van der Waals surface area contributed by atoms with Crippen molar-refractivity contribution in [2.75, 3.05) is 6.61 Å². The molecule has 1 N–H and O–H groups in total. The summed E-state index contributed by atoms with van der Waals surface area (Å²) in [5.74, 6) is 2.16. The first kappa shape index (κ1) is 22.4. The first-order valence-corrected chi connectivity index (χ1v) is 12.8. The lowest BCUT2D eigenvalue weighted by Gasteiger charge is -2.18. The first-order valence-electron chi connectivity index (χ1n) is 12.8. The third kappa shape index (κ3) is 4.80. The number of fused-ring (bicyclic) bond motifs is 2. The molecule has 0 radical (unpaired) electrons. The van der Waals surface area contributed by atoms with Crippen LogP contribution >= 0.6 is 0 Å². The number of hydrogen-bond acceptors (Lipinski definition) is 5. The van der Waals surface area contributed by atoms with Crippen molar-refractivity contribution in [2.45, 2.75) is 70.8 Å². The van der Waals surface area contributed by atoms with E-state index in [1.54, 1.807) is 19.1 Å². The topological polar surface area (TPSA) is 81.7 Å². The van der Waals surface area contributed by atoms with E-state index in [9.17, 15) is 14.4 Å². The zero-order chi connectivity index (χ0) is 22.9. The predicted octanol–water partition coefficient (Wildman–Crippen LogP) is 4.05. The molecule has 4 aliphatic rings. The molecular weight excluding hydrogens is 418 g/mol. The van der Waals surface area contributed by atoms with E-state index in [0.29, 0.717) is 35.8 Å². The number of rotatable bonds is 8. The van der Waals surface area contributed by atoms with Crippen LogP contribution in [0.25, 0.3) is 0 Å². The molecule has 6 heteroatoms. The molecule has 1 aromatic carbocycles. The van der Waals surface area contributed by atoms with E-state index in [-0.39, 0.29) is 30.3 Å². The average Bonchev–Trinajstić information content (AvgIpc) is 3.72. The van der Waals surface area contributed by atoms with Gasteiger partial charge < -0.3 is 14.8 Å². The van der Waals surface area contributed by atoms with Crippen molar-refractivity contribution in [1.82, 2.24) is 5.32 Å². The third-order valence-electron chi connectivity index (χ3n) is 8.36. The van der Waals surface area contributed by atoms with Gasteiger partial charge in [-0.2, -0.15) is 0 Å². The second-order valence-corrected chi connectivity index (χ2v) is 10.4. The van der Waals surface area contributed by atoms with Crippen molar-refractivity contribution in [2.24, 2.45) is 35.5 Å². The smallest absolute Gasteiger partial charge is 0.328 e. The number of amides is 1. The molecule has 4 fully saturated rings. The zero-order valence-corrected chi connectivity index (χ0v) is 19.5. The molecular formula is C27H35NO5. The molecule has 1 aromatic rings. The van der Waals surface area contributed by atoms with Gasteiger partial charge in [-0.1, -0.05) is 37.8 Å².